The molecule has 0 spiro atoms. The first-order valence-electron chi connectivity index (χ1n) is 5.58. The Morgan fingerprint density at radius 1 is 1.44 bits per heavy atom. The van der Waals surface area contributed by atoms with Crippen molar-refractivity contribution in [2.45, 2.75) is 6.42 Å². The van der Waals surface area contributed by atoms with Crippen molar-refractivity contribution in [1.82, 2.24) is 4.98 Å². The van der Waals surface area contributed by atoms with E-state index in [1.54, 1.807) is 11.3 Å². The normalized spacial score (nSPS) is 20.8. The first-order chi connectivity index (χ1) is 7.86. The fourth-order valence-electron chi connectivity index (χ4n) is 2.15. The Kier molecular flexibility index (Phi) is 2.53. The van der Waals surface area contributed by atoms with Gasteiger partial charge in [0.25, 0.3) is 0 Å². The number of aliphatic hydroxyl groups is 1. The molecule has 84 valence electrons. The van der Waals surface area contributed by atoms with E-state index in [0.29, 0.717) is 12.5 Å². The highest BCUT2D eigenvalue weighted by atomic mass is 32.1. The molecule has 3 nitrogen and oxygen atoms in total. The summed E-state index contributed by atoms with van der Waals surface area (Å²) < 4.78 is 1.24. The van der Waals surface area contributed by atoms with Crippen molar-refractivity contribution in [1.29, 1.82) is 0 Å². The third-order valence-electron chi connectivity index (χ3n) is 3.10. The van der Waals surface area contributed by atoms with Crippen LogP contribution in [0.4, 0.5) is 5.13 Å². The Morgan fingerprint density at radius 2 is 2.31 bits per heavy atom. The lowest BCUT2D eigenvalue weighted by molar-refractivity contribution is 0.238. The van der Waals surface area contributed by atoms with Gasteiger partial charge >= 0.3 is 0 Å². The number of para-hydroxylation sites is 1. The molecule has 4 heteroatoms. The number of anilines is 1. The summed E-state index contributed by atoms with van der Waals surface area (Å²) in [5.41, 5.74) is 1.08. The maximum atomic E-state index is 9.13. The molecule has 1 aliphatic heterocycles. The van der Waals surface area contributed by atoms with Crippen LogP contribution in [0.5, 0.6) is 0 Å². The molecule has 0 radical (unpaired) electrons. The van der Waals surface area contributed by atoms with Crippen molar-refractivity contribution in [2.75, 3.05) is 24.6 Å². The highest BCUT2D eigenvalue weighted by Gasteiger charge is 2.23. The third-order valence-corrected chi connectivity index (χ3v) is 4.19. The van der Waals surface area contributed by atoms with Gasteiger partial charge in [0.05, 0.1) is 10.2 Å². The van der Waals surface area contributed by atoms with Crippen LogP contribution >= 0.6 is 11.3 Å². The second kappa shape index (κ2) is 4.03. The van der Waals surface area contributed by atoms with Crippen molar-refractivity contribution < 1.29 is 5.11 Å². The second-order valence-corrected chi connectivity index (χ2v) is 5.26. The van der Waals surface area contributed by atoms with E-state index in [0.717, 1.165) is 30.2 Å². The van der Waals surface area contributed by atoms with Crippen LogP contribution in [0, 0.1) is 5.92 Å². The van der Waals surface area contributed by atoms with Gasteiger partial charge in [0.1, 0.15) is 0 Å². The van der Waals surface area contributed by atoms with Gasteiger partial charge in [0.2, 0.25) is 0 Å². The lowest BCUT2D eigenvalue weighted by Crippen LogP contribution is -2.20. The smallest absolute Gasteiger partial charge is 0.186 e. The Hall–Kier alpha value is -1.13. The number of nitrogens with zero attached hydrogens (tertiary/aromatic N) is 2. The van der Waals surface area contributed by atoms with E-state index in [4.69, 9.17) is 5.11 Å². The largest absolute Gasteiger partial charge is 0.396 e. The Labute approximate surface area is 98.3 Å². The Bertz CT molecular complexity index is 463. The highest BCUT2D eigenvalue weighted by molar-refractivity contribution is 7.22. The van der Waals surface area contributed by atoms with Crippen LogP contribution < -0.4 is 4.90 Å². The highest BCUT2D eigenvalue weighted by Crippen LogP contribution is 2.31. The molecule has 1 saturated heterocycles. The monoisotopic (exact) mass is 234 g/mol. The van der Waals surface area contributed by atoms with Crippen LogP contribution in [-0.4, -0.2) is 29.8 Å². The zero-order chi connectivity index (χ0) is 11.0. The van der Waals surface area contributed by atoms with Crippen LogP contribution in [-0.2, 0) is 0 Å². The number of fused-ring (bicyclic) bond motifs is 1. The summed E-state index contributed by atoms with van der Waals surface area (Å²) in [4.78, 5) is 6.91. The van der Waals surface area contributed by atoms with Crippen molar-refractivity contribution in [3.63, 3.8) is 0 Å². The molecule has 1 N–H and O–H groups in total. The van der Waals surface area contributed by atoms with E-state index in [9.17, 15) is 0 Å². The second-order valence-electron chi connectivity index (χ2n) is 4.25. The number of aliphatic hydroxyl groups excluding tert-OH is 1. The molecule has 2 aromatic rings. The summed E-state index contributed by atoms with van der Waals surface area (Å²) in [6.07, 6.45) is 1.08. The van der Waals surface area contributed by atoms with E-state index < -0.39 is 0 Å². The van der Waals surface area contributed by atoms with Gasteiger partial charge in [0.15, 0.2) is 5.13 Å². The predicted octanol–water partition coefficient (Wildman–Crippen LogP) is 2.11. The molecule has 0 saturated carbocycles. The molecule has 1 atom stereocenters. The van der Waals surface area contributed by atoms with Gasteiger partial charge < -0.3 is 10.0 Å². The van der Waals surface area contributed by atoms with Gasteiger partial charge in [-0.25, -0.2) is 4.98 Å². The fraction of sp³-hybridized carbons (Fsp3) is 0.417. The molecule has 16 heavy (non-hydrogen) atoms. The first-order valence-corrected chi connectivity index (χ1v) is 6.40. The van der Waals surface area contributed by atoms with Gasteiger partial charge in [-0.2, -0.15) is 0 Å². The maximum Gasteiger partial charge on any atom is 0.186 e. The van der Waals surface area contributed by atoms with Crippen LogP contribution in [0.1, 0.15) is 6.42 Å². The molecule has 0 aliphatic carbocycles. The van der Waals surface area contributed by atoms with Crippen LogP contribution in [0.15, 0.2) is 24.3 Å². The van der Waals surface area contributed by atoms with E-state index in [2.05, 4.69) is 22.0 Å². The van der Waals surface area contributed by atoms with Gasteiger partial charge in [-0.3, -0.25) is 0 Å². The number of hydrogen-bond acceptors (Lipinski definition) is 4. The number of thiazole rings is 1. The van der Waals surface area contributed by atoms with Crippen molar-refractivity contribution in [3.8, 4) is 0 Å². The summed E-state index contributed by atoms with van der Waals surface area (Å²) in [7, 11) is 0. The molecule has 1 unspecified atom stereocenters. The van der Waals surface area contributed by atoms with Gasteiger partial charge in [-0.1, -0.05) is 23.5 Å². The SMILES string of the molecule is OCC1CCN(c2nc3ccccc3s2)C1. The first kappa shape index (κ1) is 10.1. The molecule has 1 aromatic heterocycles. The molecule has 1 fully saturated rings. The van der Waals surface area contributed by atoms with E-state index in [1.165, 1.54) is 4.70 Å². The van der Waals surface area contributed by atoms with Crippen LogP contribution in [0.2, 0.25) is 0 Å². The summed E-state index contributed by atoms with van der Waals surface area (Å²) in [6.45, 7) is 2.25. The van der Waals surface area contributed by atoms with Crippen molar-refractivity contribution >= 4 is 26.7 Å². The molecule has 0 amide bonds. The number of aromatic nitrogens is 1. The summed E-state index contributed by atoms with van der Waals surface area (Å²) in [5.74, 6) is 0.423. The van der Waals surface area contributed by atoms with Crippen molar-refractivity contribution in [2.24, 2.45) is 5.92 Å². The lowest BCUT2D eigenvalue weighted by atomic mass is 10.1. The Balaban J connectivity index is 1.89. The van der Waals surface area contributed by atoms with Crippen molar-refractivity contribution in [3.05, 3.63) is 24.3 Å². The summed E-state index contributed by atoms with van der Waals surface area (Å²) in [5, 5.41) is 10.2. The minimum Gasteiger partial charge on any atom is -0.396 e. The van der Waals surface area contributed by atoms with E-state index in [-0.39, 0.29) is 0 Å². The minimum absolute atomic E-state index is 0.293. The van der Waals surface area contributed by atoms with Crippen LogP contribution in [0.25, 0.3) is 10.2 Å². The zero-order valence-electron chi connectivity index (χ0n) is 8.97. The summed E-state index contributed by atoms with van der Waals surface area (Å²) in [6, 6.07) is 8.22. The standard InChI is InChI=1S/C12H14N2OS/c15-8-9-5-6-14(7-9)12-13-10-3-1-2-4-11(10)16-12/h1-4,9,15H,5-8H2. The zero-order valence-corrected chi connectivity index (χ0v) is 9.78. The van der Waals surface area contributed by atoms with Gasteiger partial charge in [-0.05, 0) is 18.6 Å². The quantitative estimate of drug-likeness (QED) is 0.864. The molecular weight excluding hydrogens is 220 g/mol. The molecular formula is C12H14N2OS. The molecule has 1 aromatic carbocycles. The predicted molar refractivity (Wildman–Crippen MR) is 67.0 cm³/mol. The number of benzene rings is 1. The summed E-state index contributed by atoms with van der Waals surface area (Å²) >= 11 is 1.74. The van der Waals surface area contributed by atoms with Gasteiger partial charge in [-0.15, -0.1) is 0 Å². The lowest BCUT2D eigenvalue weighted by Gasteiger charge is -2.13. The molecule has 1 aliphatic rings. The van der Waals surface area contributed by atoms with Gasteiger partial charge in [0, 0.05) is 25.6 Å². The van der Waals surface area contributed by atoms with E-state index in [1.807, 2.05) is 12.1 Å². The maximum absolute atomic E-state index is 9.13. The Morgan fingerprint density at radius 3 is 3.06 bits per heavy atom. The number of hydrogen-bond donors (Lipinski definition) is 1. The minimum atomic E-state index is 0.293. The third kappa shape index (κ3) is 1.68. The molecule has 0 bridgehead atoms. The number of rotatable bonds is 2. The average molecular weight is 234 g/mol. The topological polar surface area (TPSA) is 36.4 Å². The average Bonchev–Trinajstić information content (AvgIpc) is 2.95. The fourth-order valence-corrected chi connectivity index (χ4v) is 3.15. The van der Waals surface area contributed by atoms with E-state index >= 15 is 0 Å². The molecule has 3 rings (SSSR count). The molecule has 2 heterocycles. The van der Waals surface area contributed by atoms with Crippen LogP contribution in [0.3, 0.4) is 0 Å².